The van der Waals surface area contributed by atoms with Crippen molar-refractivity contribution in [3.8, 4) is 11.1 Å². The molecule has 0 radical (unpaired) electrons. The lowest BCUT2D eigenvalue weighted by atomic mass is 9.94. The monoisotopic (exact) mass is 330 g/mol. The zero-order valence-electron chi connectivity index (χ0n) is 14.6. The average molecular weight is 330 g/mol. The second-order valence-corrected chi connectivity index (χ2v) is 7.43. The molecule has 0 aromatic heterocycles. The molecule has 0 atom stereocenters. The summed E-state index contributed by atoms with van der Waals surface area (Å²) >= 11 is 0. The van der Waals surface area contributed by atoms with Crippen LogP contribution in [0.2, 0.25) is 0 Å². The molecule has 3 aromatic rings. The highest BCUT2D eigenvalue weighted by Gasteiger charge is 2.34. The van der Waals surface area contributed by atoms with Crippen LogP contribution in [0.3, 0.4) is 0 Å². The Bertz CT molecular complexity index is 1240. The third-order valence-electron chi connectivity index (χ3n) is 6.08. The van der Waals surface area contributed by atoms with E-state index in [0.717, 1.165) is 18.4 Å². The predicted octanol–water partition coefficient (Wildman–Crippen LogP) is 7.01. The van der Waals surface area contributed by atoms with Crippen LogP contribution in [-0.4, -0.2) is 0 Å². The van der Waals surface area contributed by atoms with E-state index in [-0.39, 0.29) is 0 Å². The van der Waals surface area contributed by atoms with Gasteiger partial charge in [-0.1, -0.05) is 61.7 Å². The number of hydrogen-bond acceptors (Lipinski definition) is 0. The maximum Gasteiger partial charge on any atom is -0.00201 e. The first-order valence-electron chi connectivity index (χ1n) is 9.24. The number of allylic oxidation sites excluding steroid dienone is 5. The maximum absolute atomic E-state index is 4.49. The molecule has 3 aliphatic rings. The standard InChI is InChI=1S/C26H18/c1-15-19-9-5-6-10-20(19)21-11-12-22-24-14-18-8-4-3-7-17(18)13-23(24)16(2)26(22)25(15)21/h3-4,7-14H,1-2,5-6H2. The molecule has 26 heavy (non-hydrogen) atoms. The van der Waals surface area contributed by atoms with Crippen molar-refractivity contribution in [1.29, 1.82) is 0 Å². The van der Waals surface area contributed by atoms with Gasteiger partial charge in [0.2, 0.25) is 0 Å². The van der Waals surface area contributed by atoms with Gasteiger partial charge in [0.25, 0.3) is 0 Å². The van der Waals surface area contributed by atoms with Crippen LogP contribution in [0, 0.1) is 0 Å². The summed E-state index contributed by atoms with van der Waals surface area (Å²) in [5.74, 6) is 0. The van der Waals surface area contributed by atoms with E-state index in [1.165, 1.54) is 60.9 Å². The molecule has 0 amide bonds. The van der Waals surface area contributed by atoms with Crippen LogP contribution in [0.15, 0.2) is 79.4 Å². The van der Waals surface area contributed by atoms with Crippen LogP contribution in [-0.2, 0) is 0 Å². The molecule has 0 heteroatoms. The first kappa shape index (κ1) is 14.1. The highest BCUT2D eigenvalue weighted by Crippen LogP contribution is 2.55. The fourth-order valence-corrected chi connectivity index (χ4v) is 4.88. The van der Waals surface area contributed by atoms with E-state index in [4.69, 9.17) is 0 Å². The molecular weight excluding hydrogens is 312 g/mol. The fraction of sp³-hybridized carbons (Fsp3) is 0.0769. The molecule has 3 aliphatic carbocycles. The number of fused-ring (bicyclic) bond motifs is 8. The van der Waals surface area contributed by atoms with Crippen LogP contribution in [0.1, 0.15) is 35.1 Å². The minimum Gasteiger partial charge on any atom is -0.0905 e. The second-order valence-electron chi connectivity index (χ2n) is 7.43. The molecule has 0 saturated carbocycles. The SMILES string of the molecule is C=C1C2=CCCC=C2c2ccc3c(c21)C(=C)c1cc2ccccc2cc1-3. The molecule has 0 N–H and O–H groups in total. The van der Waals surface area contributed by atoms with E-state index < -0.39 is 0 Å². The molecule has 122 valence electrons. The van der Waals surface area contributed by atoms with Crippen molar-refractivity contribution in [1.82, 2.24) is 0 Å². The van der Waals surface area contributed by atoms with Crippen molar-refractivity contribution in [3.63, 3.8) is 0 Å². The van der Waals surface area contributed by atoms with Crippen molar-refractivity contribution >= 4 is 27.5 Å². The van der Waals surface area contributed by atoms with E-state index in [9.17, 15) is 0 Å². The second kappa shape index (κ2) is 4.74. The van der Waals surface area contributed by atoms with E-state index in [1.54, 1.807) is 0 Å². The third kappa shape index (κ3) is 1.60. The molecule has 0 fully saturated rings. The van der Waals surface area contributed by atoms with Crippen LogP contribution in [0.4, 0.5) is 0 Å². The smallest absolute Gasteiger partial charge is 0.00201 e. The Hall–Kier alpha value is -3.12. The van der Waals surface area contributed by atoms with Crippen molar-refractivity contribution < 1.29 is 0 Å². The predicted molar refractivity (Wildman–Crippen MR) is 112 cm³/mol. The van der Waals surface area contributed by atoms with Crippen molar-refractivity contribution in [2.45, 2.75) is 12.8 Å². The number of benzene rings is 3. The summed E-state index contributed by atoms with van der Waals surface area (Å²) in [5, 5.41) is 2.56. The molecule has 3 aromatic carbocycles. The summed E-state index contributed by atoms with van der Waals surface area (Å²) in [6, 6.07) is 17.8. The van der Waals surface area contributed by atoms with Gasteiger partial charge in [0.05, 0.1) is 0 Å². The number of rotatable bonds is 0. The molecule has 0 bridgehead atoms. The first-order chi connectivity index (χ1) is 12.7. The summed E-state index contributed by atoms with van der Waals surface area (Å²) in [6.45, 7) is 8.95. The first-order valence-corrected chi connectivity index (χ1v) is 9.24. The molecule has 0 aliphatic heterocycles. The summed E-state index contributed by atoms with van der Waals surface area (Å²) in [4.78, 5) is 0. The van der Waals surface area contributed by atoms with Gasteiger partial charge >= 0.3 is 0 Å². The van der Waals surface area contributed by atoms with Crippen molar-refractivity contribution in [3.05, 3.63) is 102 Å². The Morgan fingerprint density at radius 1 is 0.577 bits per heavy atom. The van der Waals surface area contributed by atoms with Crippen LogP contribution in [0.25, 0.3) is 38.6 Å². The van der Waals surface area contributed by atoms with Gasteiger partial charge in [0.1, 0.15) is 0 Å². The van der Waals surface area contributed by atoms with E-state index in [1.807, 2.05) is 0 Å². The minimum atomic E-state index is 1.11. The summed E-state index contributed by atoms with van der Waals surface area (Å²) in [7, 11) is 0. The maximum atomic E-state index is 4.49. The molecule has 0 nitrogen and oxygen atoms in total. The lowest BCUT2D eigenvalue weighted by Gasteiger charge is -2.09. The molecular formula is C26H18. The van der Waals surface area contributed by atoms with Gasteiger partial charge in [-0.05, 0) is 91.4 Å². The molecule has 0 spiro atoms. The third-order valence-corrected chi connectivity index (χ3v) is 6.08. The van der Waals surface area contributed by atoms with Crippen LogP contribution >= 0.6 is 0 Å². The largest absolute Gasteiger partial charge is 0.0905 e. The number of hydrogen-bond donors (Lipinski definition) is 0. The molecule has 0 unspecified atom stereocenters. The van der Waals surface area contributed by atoms with Gasteiger partial charge in [-0.25, -0.2) is 0 Å². The Morgan fingerprint density at radius 3 is 1.96 bits per heavy atom. The van der Waals surface area contributed by atoms with Gasteiger partial charge in [0.15, 0.2) is 0 Å². The zero-order valence-corrected chi connectivity index (χ0v) is 14.6. The Balaban J connectivity index is 1.68. The lowest BCUT2D eigenvalue weighted by molar-refractivity contribution is 1.03. The molecule has 0 saturated heterocycles. The van der Waals surface area contributed by atoms with Crippen molar-refractivity contribution in [2.75, 3.05) is 0 Å². The van der Waals surface area contributed by atoms with E-state index >= 15 is 0 Å². The summed E-state index contributed by atoms with van der Waals surface area (Å²) in [6.07, 6.45) is 6.96. The highest BCUT2D eigenvalue weighted by atomic mass is 14.4. The molecule has 6 rings (SSSR count). The van der Waals surface area contributed by atoms with Gasteiger partial charge in [-0.2, -0.15) is 0 Å². The summed E-state index contributed by atoms with van der Waals surface area (Å²) < 4.78 is 0. The molecule has 0 heterocycles. The minimum absolute atomic E-state index is 1.11. The van der Waals surface area contributed by atoms with Crippen LogP contribution in [0.5, 0.6) is 0 Å². The Morgan fingerprint density at radius 2 is 1.19 bits per heavy atom. The fourth-order valence-electron chi connectivity index (χ4n) is 4.88. The topological polar surface area (TPSA) is 0 Å². The van der Waals surface area contributed by atoms with E-state index in [0.29, 0.717) is 0 Å². The average Bonchev–Trinajstić information content (AvgIpc) is 3.13. The summed E-state index contributed by atoms with van der Waals surface area (Å²) in [5.41, 5.74) is 12.8. The zero-order chi connectivity index (χ0) is 17.4. The normalized spacial score (nSPS) is 16.8. The van der Waals surface area contributed by atoms with Crippen LogP contribution < -0.4 is 0 Å². The van der Waals surface area contributed by atoms with E-state index in [2.05, 4.69) is 73.8 Å². The van der Waals surface area contributed by atoms with Gasteiger partial charge in [-0.15, -0.1) is 0 Å². The van der Waals surface area contributed by atoms with Gasteiger partial charge in [-0.3, -0.25) is 0 Å². The Labute approximate surface area is 153 Å². The highest BCUT2D eigenvalue weighted by molar-refractivity contribution is 6.15. The lowest BCUT2D eigenvalue weighted by Crippen LogP contribution is -1.89. The van der Waals surface area contributed by atoms with Crippen molar-refractivity contribution in [2.24, 2.45) is 0 Å². The quantitative estimate of drug-likeness (QED) is 0.325. The Kier molecular flexibility index (Phi) is 2.57. The van der Waals surface area contributed by atoms with Gasteiger partial charge < -0.3 is 0 Å². The van der Waals surface area contributed by atoms with Gasteiger partial charge in [0, 0.05) is 0 Å².